The molecule has 0 spiro atoms. The molecule has 0 N–H and O–H groups in total. The van der Waals surface area contributed by atoms with Crippen molar-refractivity contribution in [2.45, 2.75) is 4.90 Å². The van der Waals surface area contributed by atoms with Crippen molar-refractivity contribution in [3.05, 3.63) is 58.9 Å². The number of rotatable bonds is 4. The van der Waals surface area contributed by atoms with E-state index >= 15 is 0 Å². The van der Waals surface area contributed by atoms with Crippen LogP contribution in [0.3, 0.4) is 0 Å². The molecule has 2 aromatic rings. The number of ether oxygens (including phenoxy) is 1. The molecule has 0 bridgehead atoms. The van der Waals surface area contributed by atoms with E-state index in [1.807, 2.05) is 0 Å². The number of hydrogen-bond acceptors (Lipinski definition) is 4. The number of sulfonamides is 1. The number of carbonyl (C=O) groups is 1. The fourth-order valence-electron chi connectivity index (χ4n) is 2.94. The number of amides is 1. The summed E-state index contributed by atoms with van der Waals surface area (Å²) in [5, 5.41) is 0.403. The highest BCUT2D eigenvalue weighted by molar-refractivity contribution is 7.89. The van der Waals surface area contributed by atoms with Gasteiger partial charge in [0.05, 0.1) is 12.7 Å². The van der Waals surface area contributed by atoms with Crippen molar-refractivity contribution in [3.63, 3.8) is 0 Å². The van der Waals surface area contributed by atoms with Gasteiger partial charge in [-0.2, -0.15) is 4.31 Å². The summed E-state index contributed by atoms with van der Waals surface area (Å²) in [4.78, 5) is 13.9. The SMILES string of the molecule is COc1ccc(Cl)cc1C(=O)N1CCN(S(=O)(=O)c2ccccc2F)CC1. The van der Waals surface area contributed by atoms with Gasteiger partial charge in [0.1, 0.15) is 16.5 Å². The Morgan fingerprint density at radius 2 is 1.78 bits per heavy atom. The molecule has 0 saturated carbocycles. The highest BCUT2D eigenvalue weighted by Gasteiger charge is 2.32. The van der Waals surface area contributed by atoms with Crippen LogP contribution in [-0.4, -0.2) is 56.8 Å². The van der Waals surface area contributed by atoms with E-state index in [1.54, 1.807) is 12.1 Å². The maximum Gasteiger partial charge on any atom is 0.257 e. The van der Waals surface area contributed by atoms with Crippen LogP contribution in [0.5, 0.6) is 5.75 Å². The van der Waals surface area contributed by atoms with Crippen LogP contribution >= 0.6 is 11.6 Å². The lowest BCUT2D eigenvalue weighted by Crippen LogP contribution is -2.50. The highest BCUT2D eigenvalue weighted by Crippen LogP contribution is 2.25. The number of halogens is 2. The van der Waals surface area contributed by atoms with E-state index in [0.717, 1.165) is 6.07 Å². The molecule has 1 aliphatic heterocycles. The van der Waals surface area contributed by atoms with E-state index in [-0.39, 0.29) is 37.0 Å². The Morgan fingerprint density at radius 3 is 2.41 bits per heavy atom. The lowest BCUT2D eigenvalue weighted by Gasteiger charge is -2.34. The summed E-state index contributed by atoms with van der Waals surface area (Å²) in [6.07, 6.45) is 0. The molecule has 1 aliphatic rings. The van der Waals surface area contributed by atoms with Gasteiger partial charge in [-0.05, 0) is 30.3 Å². The van der Waals surface area contributed by atoms with E-state index in [4.69, 9.17) is 16.3 Å². The van der Waals surface area contributed by atoms with Gasteiger partial charge in [-0.1, -0.05) is 23.7 Å². The predicted molar refractivity (Wildman–Crippen MR) is 99.1 cm³/mol. The summed E-state index contributed by atoms with van der Waals surface area (Å²) in [7, 11) is -2.49. The second-order valence-electron chi connectivity index (χ2n) is 5.97. The minimum absolute atomic E-state index is 0.0747. The van der Waals surface area contributed by atoms with Crippen LogP contribution < -0.4 is 4.74 Å². The molecule has 27 heavy (non-hydrogen) atoms. The molecule has 0 unspecified atom stereocenters. The summed E-state index contributed by atoms with van der Waals surface area (Å²) < 4.78 is 45.6. The van der Waals surface area contributed by atoms with Gasteiger partial charge in [-0.3, -0.25) is 4.79 Å². The molecule has 0 radical (unpaired) electrons. The molecule has 6 nitrogen and oxygen atoms in total. The highest BCUT2D eigenvalue weighted by atomic mass is 35.5. The molecule has 0 aliphatic carbocycles. The minimum Gasteiger partial charge on any atom is -0.496 e. The smallest absolute Gasteiger partial charge is 0.257 e. The van der Waals surface area contributed by atoms with Crippen molar-refractivity contribution < 1.29 is 22.3 Å². The first-order valence-corrected chi connectivity index (χ1v) is 10.0. The summed E-state index contributed by atoms with van der Waals surface area (Å²) in [6.45, 7) is 0.515. The number of benzene rings is 2. The predicted octanol–water partition coefficient (Wildman–Crippen LogP) is 2.63. The van der Waals surface area contributed by atoms with Crippen molar-refractivity contribution in [2.24, 2.45) is 0 Å². The number of piperazine rings is 1. The minimum atomic E-state index is -3.95. The molecule has 1 heterocycles. The van der Waals surface area contributed by atoms with Crippen molar-refractivity contribution >= 4 is 27.5 Å². The Labute approximate surface area is 162 Å². The fourth-order valence-corrected chi connectivity index (χ4v) is 4.60. The average Bonchev–Trinajstić information content (AvgIpc) is 2.67. The lowest BCUT2D eigenvalue weighted by molar-refractivity contribution is 0.0694. The molecule has 0 aromatic heterocycles. The van der Waals surface area contributed by atoms with Gasteiger partial charge >= 0.3 is 0 Å². The second kappa shape index (κ2) is 7.84. The zero-order valence-electron chi connectivity index (χ0n) is 14.6. The first-order chi connectivity index (χ1) is 12.8. The van der Waals surface area contributed by atoms with Gasteiger partial charge in [-0.25, -0.2) is 12.8 Å². The van der Waals surface area contributed by atoms with Gasteiger partial charge in [-0.15, -0.1) is 0 Å². The average molecular weight is 413 g/mol. The Morgan fingerprint density at radius 1 is 1.11 bits per heavy atom. The Hall–Kier alpha value is -2.16. The van der Waals surface area contributed by atoms with Crippen LogP contribution in [0.1, 0.15) is 10.4 Å². The van der Waals surface area contributed by atoms with Crippen molar-refractivity contribution in [2.75, 3.05) is 33.3 Å². The van der Waals surface area contributed by atoms with Gasteiger partial charge in [0.25, 0.3) is 5.91 Å². The molecule has 3 rings (SSSR count). The molecule has 1 saturated heterocycles. The van der Waals surface area contributed by atoms with E-state index in [9.17, 15) is 17.6 Å². The standard InChI is InChI=1S/C18H18ClFN2O4S/c1-26-16-7-6-13(19)12-14(16)18(23)21-8-10-22(11-9-21)27(24,25)17-5-3-2-4-15(17)20/h2-7,12H,8-11H2,1H3. The van der Waals surface area contributed by atoms with Crippen LogP contribution in [0.15, 0.2) is 47.4 Å². The van der Waals surface area contributed by atoms with Crippen molar-refractivity contribution in [3.8, 4) is 5.75 Å². The van der Waals surface area contributed by atoms with Gasteiger partial charge in [0.2, 0.25) is 10.0 Å². The first-order valence-electron chi connectivity index (χ1n) is 8.22. The van der Waals surface area contributed by atoms with E-state index in [0.29, 0.717) is 16.3 Å². The molecule has 144 valence electrons. The zero-order chi connectivity index (χ0) is 19.6. The van der Waals surface area contributed by atoms with Gasteiger partial charge in [0.15, 0.2) is 0 Å². The third-order valence-corrected chi connectivity index (χ3v) is 6.54. The summed E-state index contributed by atoms with van der Waals surface area (Å²) in [5.41, 5.74) is 0.315. The Bertz CT molecular complexity index is 960. The topological polar surface area (TPSA) is 66.9 Å². The molecule has 2 aromatic carbocycles. The number of carbonyl (C=O) groups excluding carboxylic acids is 1. The molecule has 0 atom stereocenters. The number of hydrogen-bond donors (Lipinski definition) is 0. The summed E-state index contributed by atoms with van der Waals surface area (Å²) in [6, 6.07) is 10.00. The van der Waals surface area contributed by atoms with Crippen LogP contribution in [0, 0.1) is 5.82 Å². The lowest BCUT2D eigenvalue weighted by atomic mass is 10.1. The van der Waals surface area contributed by atoms with Crippen molar-refractivity contribution in [1.29, 1.82) is 0 Å². The van der Waals surface area contributed by atoms with Gasteiger partial charge < -0.3 is 9.64 Å². The quantitative estimate of drug-likeness (QED) is 0.774. The molecule has 9 heteroatoms. The Balaban J connectivity index is 1.75. The van der Waals surface area contributed by atoms with E-state index < -0.39 is 15.8 Å². The Kier molecular flexibility index (Phi) is 5.69. The van der Waals surface area contributed by atoms with Crippen LogP contribution in [0.4, 0.5) is 4.39 Å². The van der Waals surface area contributed by atoms with Crippen LogP contribution in [-0.2, 0) is 10.0 Å². The maximum absolute atomic E-state index is 13.9. The number of methoxy groups -OCH3 is 1. The molecular weight excluding hydrogens is 395 g/mol. The second-order valence-corrected chi connectivity index (χ2v) is 8.31. The normalized spacial score (nSPS) is 15.6. The van der Waals surface area contributed by atoms with Crippen molar-refractivity contribution in [1.82, 2.24) is 9.21 Å². The molecule has 1 fully saturated rings. The summed E-state index contributed by atoms with van der Waals surface area (Å²) >= 11 is 5.97. The third-order valence-electron chi connectivity index (χ3n) is 4.37. The zero-order valence-corrected chi connectivity index (χ0v) is 16.1. The maximum atomic E-state index is 13.9. The van der Waals surface area contributed by atoms with Gasteiger partial charge in [0, 0.05) is 31.2 Å². The van der Waals surface area contributed by atoms with Crippen LogP contribution in [0.25, 0.3) is 0 Å². The summed E-state index contributed by atoms with van der Waals surface area (Å²) in [5.74, 6) is -0.692. The first kappa shape index (κ1) is 19.6. The molecular formula is C18H18ClFN2O4S. The fraction of sp³-hybridized carbons (Fsp3) is 0.278. The van der Waals surface area contributed by atoms with E-state index in [2.05, 4.69) is 0 Å². The monoisotopic (exact) mass is 412 g/mol. The third kappa shape index (κ3) is 3.92. The molecule has 1 amide bonds. The number of nitrogens with zero attached hydrogens (tertiary/aromatic N) is 2. The van der Waals surface area contributed by atoms with Crippen LogP contribution in [0.2, 0.25) is 5.02 Å². The van der Waals surface area contributed by atoms with E-state index in [1.165, 1.54) is 40.6 Å². The largest absolute Gasteiger partial charge is 0.496 e.